The van der Waals surface area contributed by atoms with Crippen molar-refractivity contribution in [1.29, 1.82) is 5.26 Å². The molecule has 0 atom stereocenters. The zero-order chi connectivity index (χ0) is 15.3. The Morgan fingerprint density at radius 2 is 2.10 bits per heavy atom. The minimum absolute atomic E-state index is 0.109. The van der Waals surface area contributed by atoms with Gasteiger partial charge in [0.1, 0.15) is 0 Å². The predicted octanol–water partition coefficient (Wildman–Crippen LogP) is 1.31. The van der Waals surface area contributed by atoms with E-state index in [0.717, 1.165) is 0 Å². The number of nitrogen functional groups attached to an aromatic ring is 1. The second-order valence-corrected chi connectivity index (χ2v) is 6.51. The van der Waals surface area contributed by atoms with Gasteiger partial charge in [-0.1, -0.05) is 0 Å². The molecule has 6 nitrogen and oxygen atoms in total. The van der Waals surface area contributed by atoms with Crippen molar-refractivity contribution >= 4 is 21.4 Å². The summed E-state index contributed by atoms with van der Waals surface area (Å²) in [6, 6.07) is 6.77. The smallest absolute Gasteiger partial charge is 0.240 e. The molecule has 0 saturated heterocycles. The number of hydrogen-bond donors (Lipinski definition) is 2. The van der Waals surface area contributed by atoms with Crippen molar-refractivity contribution in [3.8, 4) is 6.07 Å². The first-order valence-corrected chi connectivity index (χ1v) is 7.78. The first-order valence-electron chi connectivity index (χ1n) is 6.30. The normalized spacial score (nSPS) is 11.3. The van der Waals surface area contributed by atoms with Gasteiger partial charge >= 0.3 is 0 Å². The van der Waals surface area contributed by atoms with Crippen LogP contribution in [-0.2, 0) is 10.0 Å². The Kier molecular flexibility index (Phi) is 5.36. The molecule has 0 aromatic heterocycles. The quantitative estimate of drug-likeness (QED) is 0.771. The molecule has 20 heavy (non-hydrogen) atoms. The molecule has 0 spiro atoms. The van der Waals surface area contributed by atoms with E-state index in [-0.39, 0.29) is 10.9 Å². The maximum atomic E-state index is 11.8. The Hall–Kier alpha value is -1.78. The molecule has 0 amide bonds. The van der Waals surface area contributed by atoms with Gasteiger partial charge in [0.2, 0.25) is 10.0 Å². The largest absolute Gasteiger partial charge is 0.397 e. The van der Waals surface area contributed by atoms with E-state index in [1.165, 1.54) is 13.1 Å². The summed E-state index contributed by atoms with van der Waals surface area (Å²) in [5, 5.41) is 8.72. The second kappa shape index (κ2) is 6.59. The molecule has 1 aromatic carbocycles. The van der Waals surface area contributed by atoms with Crippen LogP contribution in [0.5, 0.6) is 0 Å². The zero-order valence-corrected chi connectivity index (χ0v) is 12.7. The van der Waals surface area contributed by atoms with Gasteiger partial charge < -0.3 is 10.6 Å². The van der Waals surface area contributed by atoms with Crippen LogP contribution in [0, 0.1) is 11.3 Å². The van der Waals surface area contributed by atoms with Crippen LogP contribution in [0.4, 0.5) is 11.4 Å². The Bertz CT molecular complexity index is 605. The lowest BCUT2D eigenvalue weighted by molar-refractivity contribution is 0.588. The van der Waals surface area contributed by atoms with Crippen LogP contribution in [0.15, 0.2) is 23.1 Å². The summed E-state index contributed by atoms with van der Waals surface area (Å²) in [6.07, 6.45) is 0.348. The van der Waals surface area contributed by atoms with Crippen molar-refractivity contribution in [2.24, 2.45) is 0 Å². The predicted molar refractivity (Wildman–Crippen MR) is 79.8 cm³/mol. The Morgan fingerprint density at radius 3 is 2.60 bits per heavy atom. The third-order valence-electron chi connectivity index (χ3n) is 2.98. The Balaban J connectivity index is 3.28. The maximum Gasteiger partial charge on any atom is 0.240 e. The summed E-state index contributed by atoms with van der Waals surface area (Å²) in [7, 11) is -2.15. The molecule has 1 aromatic rings. The molecule has 0 fully saturated rings. The number of nitriles is 1. The summed E-state index contributed by atoms with van der Waals surface area (Å²) < 4.78 is 26.0. The van der Waals surface area contributed by atoms with Crippen molar-refractivity contribution in [3.63, 3.8) is 0 Å². The summed E-state index contributed by atoms with van der Waals surface area (Å²) in [4.78, 5) is 2.08. The van der Waals surface area contributed by atoms with Crippen LogP contribution >= 0.6 is 0 Å². The van der Waals surface area contributed by atoms with Crippen molar-refractivity contribution in [2.75, 3.05) is 24.2 Å². The topological polar surface area (TPSA) is 99.2 Å². The van der Waals surface area contributed by atoms with Gasteiger partial charge in [0, 0.05) is 12.6 Å². The van der Waals surface area contributed by atoms with Crippen molar-refractivity contribution < 1.29 is 8.42 Å². The lowest BCUT2D eigenvalue weighted by Crippen LogP contribution is -2.32. The first kappa shape index (κ1) is 16.3. The molecule has 3 N–H and O–H groups in total. The van der Waals surface area contributed by atoms with Crippen LogP contribution in [0.3, 0.4) is 0 Å². The average molecular weight is 296 g/mol. The van der Waals surface area contributed by atoms with Gasteiger partial charge in [-0.3, -0.25) is 0 Å². The fourth-order valence-corrected chi connectivity index (χ4v) is 2.63. The Labute approximate surface area is 120 Å². The fraction of sp³-hybridized carbons (Fsp3) is 0.462. The van der Waals surface area contributed by atoms with Gasteiger partial charge in [-0.25, -0.2) is 13.1 Å². The number of rotatable bonds is 6. The van der Waals surface area contributed by atoms with Gasteiger partial charge in [0.25, 0.3) is 0 Å². The molecular weight excluding hydrogens is 276 g/mol. The molecule has 0 saturated carbocycles. The van der Waals surface area contributed by atoms with Crippen LogP contribution in [0.25, 0.3) is 0 Å². The van der Waals surface area contributed by atoms with E-state index in [1.54, 1.807) is 12.1 Å². The third-order valence-corrected chi connectivity index (χ3v) is 4.39. The minimum atomic E-state index is -3.51. The second-order valence-electron chi connectivity index (χ2n) is 4.62. The van der Waals surface area contributed by atoms with Crippen molar-refractivity contribution in [2.45, 2.75) is 31.2 Å². The minimum Gasteiger partial charge on any atom is -0.397 e. The van der Waals surface area contributed by atoms with E-state index in [1.807, 2.05) is 18.7 Å². The molecule has 0 radical (unpaired) electrons. The number of nitrogens with zero attached hydrogens (tertiary/aromatic N) is 2. The summed E-state index contributed by atoms with van der Waals surface area (Å²) in [5.41, 5.74) is 7.07. The number of nitrogens with two attached hydrogens (primary N) is 1. The van der Waals surface area contributed by atoms with E-state index in [0.29, 0.717) is 24.3 Å². The molecular formula is C13H20N4O2S. The molecule has 1 rings (SSSR count). The van der Waals surface area contributed by atoms with Crippen LogP contribution in [0.1, 0.15) is 20.3 Å². The highest BCUT2D eigenvalue weighted by molar-refractivity contribution is 7.89. The van der Waals surface area contributed by atoms with Crippen LogP contribution in [-0.4, -0.2) is 28.1 Å². The highest BCUT2D eigenvalue weighted by Crippen LogP contribution is 2.28. The Morgan fingerprint density at radius 1 is 1.45 bits per heavy atom. The monoisotopic (exact) mass is 296 g/mol. The van der Waals surface area contributed by atoms with Gasteiger partial charge in [0.15, 0.2) is 0 Å². The lowest BCUT2D eigenvalue weighted by atomic mass is 10.2. The first-order chi connectivity index (χ1) is 9.33. The summed E-state index contributed by atoms with van der Waals surface area (Å²) in [6.45, 7) is 4.44. The SMILES string of the molecule is CNS(=O)(=O)c1ccc(N)c(N(CCC#N)C(C)C)c1. The summed E-state index contributed by atoms with van der Waals surface area (Å²) in [5.74, 6) is 0. The highest BCUT2D eigenvalue weighted by atomic mass is 32.2. The van der Waals surface area contributed by atoms with Crippen LogP contribution in [0.2, 0.25) is 0 Å². The highest BCUT2D eigenvalue weighted by Gasteiger charge is 2.18. The molecule has 110 valence electrons. The van der Waals surface area contributed by atoms with E-state index in [9.17, 15) is 8.42 Å². The molecule has 0 aliphatic rings. The standard InChI is InChI=1S/C13H20N4O2S/c1-10(2)17(8-4-7-14)13-9-11(5-6-12(13)15)20(18,19)16-3/h5-6,9-10,16H,4,8,15H2,1-3H3. The molecule has 0 heterocycles. The number of sulfonamides is 1. The zero-order valence-electron chi connectivity index (χ0n) is 11.9. The van der Waals surface area contributed by atoms with E-state index in [4.69, 9.17) is 11.0 Å². The van der Waals surface area contributed by atoms with Gasteiger partial charge in [0.05, 0.1) is 28.8 Å². The molecule has 0 unspecified atom stereocenters. The van der Waals surface area contributed by atoms with E-state index >= 15 is 0 Å². The molecule has 0 bridgehead atoms. The molecule has 7 heteroatoms. The number of benzene rings is 1. The molecule has 0 aliphatic carbocycles. The fourth-order valence-electron chi connectivity index (χ4n) is 1.88. The number of anilines is 2. The maximum absolute atomic E-state index is 11.8. The third kappa shape index (κ3) is 3.62. The lowest BCUT2D eigenvalue weighted by Gasteiger charge is -2.29. The van der Waals surface area contributed by atoms with Gasteiger partial charge in [-0.15, -0.1) is 0 Å². The number of nitrogens with one attached hydrogen (secondary N) is 1. The summed E-state index contributed by atoms with van der Waals surface area (Å²) >= 11 is 0. The van der Waals surface area contributed by atoms with E-state index in [2.05, 4.69) is 10.8 Å². The molecule has 0 aliphatic heterocycles. The number of hydrogen-bond acceptors (Lipinski definition) is 5. The van der Waals surface area contributed by atoms with E-state index < -0.39 is 10.0 Å². The van der Waals surface area contributed by atoms with Gasteiger partial charge in [-0.05, 0) is 39.1 Å². The van der Waals surface area contributed by atoms with Crippen LogP contribution < -0.4 is 15.4 Å². The van der Waals surface area contributed by atoms with Crippen molar-refractivity contribution in [1.82, 2.24) is 4.72 Å². The average Bonchev–Trinajstić information content (AvgIpc) is 2.40. The van der Waals surface area contributed by atoms with Gasteiger partial charge in [-0.2, -0.15) is 5.26 Å². The van der Waals surface area contributed by atoms with Crippen molar-refractivity contribution in [3.05, 3.63) is 18.2 Å².